The molecule has 13 heteroatoms. The van der Waals surface area contributed by atoms with Gasteiger partial charge in [-0.2, -0.15) is 9.97 Å². The summed E-state index contributed by atoms with van der Waals surface area (Å²) in [6.07, 6.45) is 0.936. The third-order valence-corrected chi connectivity index (χ3v) is 8.47. The van der Waals surface area contributed by atoms with Crippen molar-refractivity contribution in [2.45, 2.75) is 62.4 Å². The van der Waals surface area contributed by atoms with Gasteiger partial charge in [0.15, 0.2) is 17.0 Å². The second kappa shape index (κ2) is 14.5. The quantitative estimate of drug-likeness (QED) is 0.185. The minimum absolute atomic E-state index is 0. The van der Waals surface area contributed by atoms with Gasteiger partial charge in [0.1, 0.15) is 12.2 Å². The first-order valence-electron chi connectivity index (χ1n) is 14.7. The van der Waals surface area contributed by atoms with Crippen LogP contribution in [0.15, 0.2) is 67.0 Å². The van der Waals surface area contributed by atoms with Crippen LogP contribution in [-0.4, -0.2) is 79.6 Å². The van der Waals surface area contributed by atoms with Gasteiger partial charge in [-0.25, -0.2) is 4.98 Å². The Hall–Kier alpha value is -3.48. The molecule has 2 aromatic heterocycles. The van der Waals surface area contributed by atoms with Gasteiger partial charge < -0.3 is 36.0 Å². The number of nitrogens with zero attached hydrogens (tertiary/aromatic N) is 5. The van der Waals surface area contributed by atoms with Gasteiger partial charge in [-0.3, -0.25) is 4.79 Å². The Morgan fingerprint density at radius 1 is 1.02 bits per heavy atom. The number of aromatic nitrogens is 4. The Kier molecular flexibility index (Phi) is 11.0. The SMILES string of the molecule is CCC(=O)N[C@H]1C[C@@H](n2cnc3c(NCC(c4ccccc4)c4ccccc4)nc(N4CCC(N)C4)nc32)[C@H](O)[C@@H]1O.Cl.Cl. The Balaban J connectivity index is 0.00000221. The van der Waals surface area contributed by atoms with Crippen molar-refractivity contribution < 1.29 is 15.0 Å². The second-order valence-corrected chi connectivity index (χ2v) is 11.3. The predicted octanol–water partition coefficient (Wildman–Crippen LogP) is 3.01. The van der Waals surface area contributed by atoms with E-state index in [0.29, 0.717) is 48.9 Å². The maximum Gasteiger partial charge on any atom is 0.229 e. The van der Waals surface area contributed by atoms with Gasteiger partial charge in [0, 0.05) is 38.0 Å². The van der Waals surface area contributed by atoms with Gasteiger partial charge in [-0.1, -0.05) is 67.6 Å². The van der Waals surface area contributed by atoms with Crippen LogP contribution in [0.3, 0.4) is 0 Å². The van der Waals surface area contributed by atoms with Crippen molar-refractivity contribution in [1.29, 1.82) is 0 Å². The average Bonchev–Trinajstić information content (AvgIpc) is 3.72. The zero-order valence-electron chi connectivity index (χ0n) is 24.5. The summed E-state index contributed by atoms with van der Waals surface area (Å²) in [5, 5.41) is 28.2. The largest absolute Gasteiger partial charge is 0.388 e. The fourth-order valence-corrected chi connectivity index (χ4v) is 6.11. The smallest absolute Gasteiger partial charge is 0.229 e. The van der Waals surface area contributed by atoms with Gasteiger partial charge in [-0.15, -0.1) is 24.8 Å². The van der Waals surface area contributed by atoms with E-state index < -0.39 is 24.3 Å². The van der Waals surface area contributed by atoms with Gasteiger partial charge >= 0.3 is 0 Å². The molecule has 1 aliphatic carbocycles. The standard InChI is InChI=1S/C31H38N8O3.2ClH/c1-2-25(40)35-23-15-24(28(42)27(23)41)39-18-34-26-29(36-31(37-30(26)39)38-14-13-21(32)17-38)33-16-22(19-9-5-3-6-10-19)20-11-7-4-8-12-20;;/h3-12,18,21-24,27-28,41-42H,2,13-17,32H2,1H3,(H,35,40)(H,33,36,37);2*1H/t21?,23-,24+,27+,28-;;/m0../s1. The number of nitrogens with two attached hydrogens (primary N) is 1. The molecule has 2 aromatic carbocycles. The van der Waals surface area contributed by atoms with E-state index in [0.717, 1.165) is 13.0 Å². The number of benzene rings is 2. The zero-order valence-corrected chi connectivity index (χ0v) is 26.1. The van der Waals surface area contributed by atoms with Crippen molar-refractivity contribution in [3.8, 4) is 0 Å². The molecule has 1 saturated heterocycles. The molecule has 1 saturated carbocycles. The monoisotopic (exact) mass is 642 g/mol. The molecule has 0 radical (unpaired) electrons. The maximum absolute atomic E-state index is 12.1. The third-order valence-electron chi connectivity index (χ3n) is 8.47. The van der Waals surface area contributed by atoms with Crippen LogP contribution in [-0.2, 0) is 4.79 Å². The number of halogens is 2. The van der Waals surface area contributed by atoms with Gasteiger partial charge in [0.2, 0.25) is 11.9 Å². The van der Waals surface area contributed by atoms with E-state index in [-0.39, 0.29) is 42.7 Å². The molecule has 3 heterocycles. The molecule has 236 valence electrons. The Morgan fingerprint density at radius 3 is 2.27 bits per heavy atom. The normalized spacial score (nSPS) is 22.9. The van der Waals surface area contributed by atoms with Crippen molar-refractivity contribution in [2.75, 3.05) is 29.9 Å². The van der Waals surface area contributed by atoms with Crippen LogP contribution in [0.5, 0.6) is 0 Å². The lowest BCUT2D eigenvalue weighted by molar-refractivity contribution is -0.122. The molecular formula is C31H40Cl2N8O3. The van der Waals surface area contributed by atoms with Crippen LogP contribution < -0.4 is 21.3 Å². The van der Waals surface area contributed by atoms with E-state index in [9.17, 15) is 15.0 Å². The van der Waals surface area contributed by atoms with Crippen LogP contribution >= 0.6 is 24.8 Å². The number of rotatable bonds is 9. The lowest BCUT2D eigenvalue weighted by Crippen LogP contribution is -2.42. The molecule has 2 aliphatic rings. The number of hydrogen-bond donors (Lipinski definition) is 5. The van der Waals surface area contributed by atoms with Crippen molar-refractivity contribution in [3.05, 3.63) is 78.1 Å². The van der Waals surface area contributed by atoms with Crippen molar-refractivity contribution in [1.82, 2.24) is 24.8 Å². The van der Waals surface area contributed by atoms with E-state index >= 15 is 0 Å². The van der Waals surface area contributed by atoms with E-state index in [1.807, 2.05) is 36.4 Å². The number of carbonyl (C=O) groups is 1. The molecule has 6 N–H and O–H groups in total. The van der Waals surface area contributed by atoms with E-state index in [1.54, 1.807) is 17.8 Å². The molecule has 0 bridgehead atoms. The van der Waals surface area contributed by atoms with E-state index in [1.165, 1.54) is 11.1 Å². The number of aliphatic hydroxyl groups is 2. The summed E-state index contributed by atoms with van der Waals surface area (Å²) in [5.41, 5.74) is 9.71. The summed E-state index contributed by atoms with van der Waals surface area (Å²) in [6.45, 7) is 3.71. The number of amides is 1. The second-order valence-electron chi connectivity index (χ2n) is 11.3. The first kappa shape index (κ1) is 33.4. The van der Waals surface area contributed by atoms with Gasteiger partial charge in [-0.05, 0) is 24.0 Å². The summed E-state index contributed by atoms with van der Waals surface area (Å²) in [6, 6.07) is 19.7. The molecule has 0 spiro atoms. The number of nitrogens with one attached hydrogen (secondary N) is 2. The molecule has 6 rings (SSSR count). The van der Waals surface area contributed by atoms with Crippen molar-refractivity contribution in [2.24, 2.45) is 5.73 Å². The Morgan fingerprint density at radius 2 is 1.68 bits per heavy atom. The van der Waals surface area contributed by atoms with Crippen LogP contribution in [0.4, 0.5) is 11.8 Å². The van der Waals surface area contributed by atoms with Crippen LogP contribution in [0.1, 0.15) is 49.3 Å². The first-order valence-corrected chi connectivity index (χ1v) is 14.7. The summed E-state index contributed by atoms with van der Waals surface area (Å²) >= 11 is 0. The molecule has 1 aliphatic heterocycles. The lowest BCUT2D eigenvalue weighted by atomic mass is 9.91. The fourth-order valence-electron chi connectivity index (χ4n) is 6.11. The zero-order chi connectivity index (χ0) is 29.2. The van der Waals surface area contributed by atoms with Gasteiger partial charge in [0.25, 0.3) is 0 Å². The maximum atomic E-state index is 12.1. The molecule has 1 amide bonds. The molecule has 44 heavy (non-hydrogen) atoms. The molecule has 5 atom stereocenters. The summed E-state index contributed by atoms with van der Waals surface area (Å²) in [4.78, 5) is 28.6. The van der Waals surface area contributed by atoms with Crippen LogP contribution in [0.2, 0.25) is 0 Å². The highest BCUT2D eigenvalue weighted by Gasteiger charge is 2.44. The van der Waals surface area contributed by atoms with Crippen molar-refractivity contribution in [3.63, 3.8) is 0 Å². The number of hydrogen-bond acceptors (Lipinski definition) is 9. The van der Waals surface area contributed by atoms with Crippen molar-refractivity contribution >= 4 is 53.7 Å². The highest BCUT2D eigenvalue weighted by molar-refractivity contribution is 5.86. The first-order chi connectivity index (χ1) is 20.4. The Labute approximate surface area is 269 Å². The Bertz CT molecular complexity index is 1490. The number of imidazole rings is 1. The molecule has 11 nitrogen and oxygen atoms in total. The minimum atomic E-state index is -1.10. The molecule has 2 fully saturated rings. The number of carbonyl (C=O) groups excluding carboxylic acids is 1. The summed E-state index contributed by atoms with van der Waals surface area (Å²) in [5.74, 6) is 1.03. The highest BCUT2D eigenvalue weighted by atomic mass is 35.5. The molecular weight excluding hydrogens is 603 g/mol. The van der Waals surface area contributed by atoms with Gasteiger partial charge in [0.05, 0.1) is 18.4 Å². The fraction of sp³-hybridized carbons (Fsp3) is 0.419. The lowest BCUT2D eigenvalue weighted by Gasteiger charge is -2.22. The minimum Gasteiger partial charge on any atom is -0.388 e. The number of aliphatic hydroxyl groups excluding tert-OH is 2. The van der Waals surface area contributed by atoms with E-state index in [4.69, 9.17) is 15.7 Å². The van der Waals surface area contributed by atoms with E-state index in [2.05, 4.69) is 44.8 Å². The number of fused-ring (bicyclic) bond motifs is 1. The summed E-state index contributed by atoms with van der Waals surface area (Å²) in [7, 11) is 0. The molecule has 1 unspecified atom stereocenters. The topological polar surface area (TPSA) is 154 Å². The van der Waals surface area contributed by atoms with Crippen LogP contribution in [0.25, 0.3) is 11.2 Å². The predicted molar refractivity (Wildman–Crippen MR) is 176 cm³/mol. The number of anilines is 2. The third kappa shape index (κ3) is 6.77. The van der Waals surface area contributed by atoms with Crippen LogP contribution in [0, 0.1) is 0 Å². The molecule has 4 aromatic rings. The average molecular weight is 644 g/mol. The highest BCUT2D eigenvalue weighted by Crippen LogP contribution is 2.35. The summed E-state index contributed by atoms with van der Waals surface area (Å²) < 4.78 is 1.81.